The highest BCUT2D eigenvalue weighted by Gasteiger charge is 2.17. The van der Waals surface area contributed by atoms with Crippen LogP contribution in [-0.4, -0.2) is 11.8 Å². The van der Waals surface area contributed by atoms with Crippen LogP contribution in [0.2, 0.25) is 0 Å². The van der Waals surface area contributed by atoms with Gasteiger partial charge in [0, 0.05) is 5.92 Å². The first-order valence-electron chi connectivity index (χ1n) is 6.35. The van der Waals surface area contributed by atoms with E-state index in [0.717, 1.165) is 5.56 Å². The summed E-state index contributed by atoms with van der Waals surface area (Å²) in [4.78, 5) is 11.9. The Balaban J connectivity index is 2.29. The van der Waals surface area contributed by atoms with Crippen molar-refractivity contribution in [3.63, 3.8) is 0 Å². The van der Waals surface area contributed by atoms with Gasteiger partial charge in [0.1, 0.15) is 0 Å². The lowest BCUT2D eigenvalue weighted by Crippen LogP contribution is -2.35. The topological polar surface area (TPSA) is 43.1 Å². The van der Waals surface area contributed by atoms with Crippen molar-refractivity contribution in [1.29, 1.82) is 0 Å². The van der Waals surface area contributed by atoms with Gasteiger partial charge in [0.05, 0.1) is 6.04 Å². The van der Waals surface area contributed by atoms with Crippen LogP contribution in [0.25, 0.3) is 10.8 Å². The SMILES string of the molecule is CC(C)C(=O)C(N)Cc1cccc2ccccc12. The minimum atomic E-state index is -0.407. The summed E-state index contributed by atoms with van der Waals surface area (Å²) in [5.41, 5.74) is 7.14. The van der Waals surface area contributed by atoms with E-state index in [2.05, 4.69) is 24.3 Å². The van der Waals surface area contributed by atoms with Gasteiger partial charge >= 0.3 is 0 Å². The number of nitrogens with two attached hydrogens (primary N) is 1. The van der Waals surface area contributed by atoms with Gasteiger partial charge in [-0.25, -0.2) is 0 Å². The molecular weight excluding hydrogens is 222 g/mol. The Bertz CT molecular complexity index is 555. The molecule has 0 aromatic heterocycles. The van der Waals surface area contributed by atoms with Gasteiger partial charge in [0.15, 0.2) is 5.78 Å². The highest BCUT2D eigenvalue weighted by atomic mass is 16.1. The standard InChI is InChI=1S/C16H19NO/c1-11(2)16(18)15(17)10-13-8-5-7-12-6-3-4-9-14(12)13/h3-9,11,15H,10,17H2,1-2H3. The molecule has 2 nitrogen and oxygen atoms in total. The number of ketones is 1. The number of rotatable bonds is 4. The predicted molar refractivity (Wildman–Crippen MR) is 75.5 cm³/mol. The van der Waals surface area contributed by atoms with Crippen LogP contribution in [0.15, 0.2) is 42.5 Å². The van der Waals surface area contributed by atoms with Gasteiger partial charge in [0.2, 0.25) is 0 Å². The lowest BCUT2D eigenvalue weighted by molar-refractivity contribution is -0.123. The summed E-state index contributed by atoms with van der Waals surface area (Å²) in [6.45, 7) is 3.79. The molecule has 0 aliphatic carbocycles. The molecule has 0 saturated heterocycles. The van der Waals surface area contributed by atoms with Crippen LogP contribution < -0.4 is 5.73 Å². The van der Waals surface area contributed by atoms with E-state index in [0.29, 0.717) is 6.42 Å². The van der Waals surface area contributed by atoms with Gasteiger partial charge in [-0.1, -0.05) is 56.3 Å². The molecule has 2 heteroatoms. The van der Waals surface area contributed by atoms with E-state index in [1.54, 1.807) is 0 Å². The second-order valence-electron chi connectivity index (χ2n) is 5.01. The van der Waals surface area contributed by atoms with Crippen molar-refractivity contribution >= 4 is 16.6 Å². The maximum atomic E-state index is 11.9. The van der Waals surface area contributed by atoms with Crippen LogP contribution in [0, 0.1) is 5.92 Å². The first-order chi connectivity index (χ1) is 8.59. The highest BCUT2D eigenvalue weighted by molar-refractivity contribution is 5.89. The number of hydrogen-bond acceptors (Lipinski definition) is 2. The predicted octanol–water partition coefficient (Wildman–Crippen LogP) is 2.93. The van der Waals surface area contributed by atoms with Crippen LogP contribution in [0.3, 0.4) is 0 Å². The van der Waals surface area contributed by atoms with Crippen LogP contribution in [0.5, 0.6) is 0 Å². The molecule has 0 saturated carbocycles. The summed E-state index contributed by atoms with van der Waals surface area (Å²) in [6.07, 6.45) is 0.609. The molecule has 2 aromatic rings. The third-order valence-corrected chi connectivity index (χ3v) is 3.25. The summed E-state index contributed by atoms with van der Waals surface area (Å²) in [7, 11) is 0. The van der Waals surface area contributed by atoms with E-state index in [4.69, 9.17) is 5.73 Å². The van der Waals surface area contributed by atoms with E-state index in [9.17, 15) is 4.79 Å². The second-order valence-corrected chi connectivity index (χ2v) is 5.01. The van der Waals surface area contributed by atoms with Crippen molar-refractivity contribution in [3.05, 3.63) is 48.0 Å². The number of Topliss-reactive ketones (excluding diaryl/α,β-unsaturated/α-hetero) is 1. The zero-order valence-electron chi connectivity index (χ0n) is 10.9. The lowest BCUT2D eigenvalue weighted by atomic mass is 9.94. The minimum Gasteiger partial charge on any atom is -0.321 e. The Morgan fingerprint density at radius 3 is 2.50 bits per heavy atom. The van der Waals surface area contributed by atoms with Crippen molar-refractivity contribution in [3.8, 4) is 0 Å². The molecule has 2 rings (SSSR count). The summed E-state index contributed by atoms with van der Waals surface area (Å²) in [6, 6.07) is 13.9. The van der Waals surface area contributed by atoms with Gasteiger partial charge in [0.25, 0.3) is 0 Å². The maximum Gasteiger partial charge on any atom is 0.152 e. The van der Waals surface area contributed by atoms with Crippen LogP contribution >= 0.6 is 0 Å². The Hall–Kier alpha value is -1.67. The third-order valence-electron chi connectivity index (χ3n) is 3.25. The quantitative estimate of drug-likeness (QED) is 0.894. The Morgan fingerprint density at radius 2 is 1.78 bits per heavy atom. The van der Waals surface area contributed by atoms with E-state index in [-0.39, 0.29) is 11.7 Å². The molecule has 0 aliphatic rings. The van der Waals surface area contributed by atoms with Crippen LogP contribution in [0.1, 0.15) is 19.4 Å². The lowest BCUT2D eigenvalue weighted by Gasteiger charge is -2.14. The monoisotopic (exact) mass is 241 g/mol. The normalized spacial score (nSPS) is 12.9. The molecular formula is C16H19NO. The van der Waals surface area contributed by atoms with Crippen molar-refractivity contribution in [2.24, 2.45) is 11.7 Å². The summed E-state index contributed by atoms with van der Waals surface area (Å²) in [5, 5.41) is 2.38. The molecule has 2 N–H and O–H groups in total. The van der Waals surface area contributed by atoms with Crippen molar-refractivity contribution in [1.82, 2.24) is 0 Å². The van der Waals surface area contributed by atoms with E-state index in [1.165, 1.54) is 10.8 Å². The molecule has 2 aromatic carbocycles. The highest BCUT2D eigenvalue weighted by Crippen LogP contribution is 2.20. The van der Waals surface area contributed by atoms with Gasteiger partial charge < -0.3 is 5.73 Å². The molecule has 18 heavy (non-hydrogen) atoms. The largest absolute Gasteiger partial charge is 0.321 e. The number of carbonyl (C=O) groups excluding carboxylic acids is 1. The van der Waals surface area contributed by atoms with E-state index in [1.807, 2.05) is 32.0 Å². The van der Waals surface area contributed by atoms with E-state index < -0.39 is 6.04 Å². The minimum absolute atomic E-state index is 0.00465. The average molecular weight is 241 g/mol. The fraction of sp³-hybridized carbons (Fsp3) is 0.312. The first-order valence-corrected chi connectivity index (χ1v) is 6.35. The average Bonchev–Trinajstić information content (AvgIpc) is 2.38. The molecule has 0 bridgehead atoms. The van der Waals surface area contributed by atoms with Crippen LogP contribution in [0.4, 0.5) is 0 Å². The van der Waals surface area contributed by atoms with Crippen LogP contribution in [-0.2, 0) is 11.2 Å². The molecule has 0 heterocycles. The Morgan fingerprint density at radius 1 is 1.11 bits per heavy atom. The maximum absolute atomic E-state index is 11.9. The molecule has 0 radical (unpaired) electrons. The molecule has 0 spiro atoms. The molecule has 0 aliphatic heterocycles. The van der Waals surface area contributed by atoms with Crippen molar-refractivity contribution in [2.45, 2.75) is 26.3 Å². The zero-order chi connectivity index (χ0) is 13.1. The smallest absolute Gasteiger partial charge is 0.152 e. The second kappa shape index (κ2) is 5.32. The third kappa shape index (κ3) is 2.59. The van der Waals surface area contributed by atoms with Gasteiger partial charge in [-0.05, 0) is 22.8 Å². The fourth-order valence-electron chi connectivity index (χ4n) is 2.24. The molecule has 0 amide bonds. The number of fused-ring (bicyclic) bond motifs is 1. The summed E-state index contributed by atoms with van der Waals surface area (Å²) in [5.74, 6) is 0.123. The Kier molecular flexibility index (Phi) is 3.78. The number of hydrogen-bond donors (Lipinski definition) is 1. The van der Waals surface area contributed by atoms with E-state index >= 15 is 0 Å². The Labute approximate surface area is 108 Å². The van der Waals surface area contributed by atoms with Crippen molar-refractivity contribution < 1.29 is 4.79 Å². The number of benzene rings is 2. The molecule has 1 unspecified atom stereocenters. The molecule has 1 atom stereocenters. The summed E-state index contributed by atoms with van der Waals surface area (Å²) >= 11 is 0. The molecule has 94 valence electrons. The first kappa shape index (κ1) is 12.8. The molecule has 0 fully saturated rings. The number of carbonyl (C=O) groups is 1. The van der Waals surface area contributed by atoms with Gasteiger partial charge in [-0.15, -0.1) is 0 Å². The van der Waals surface area contributed by atoms with Crippen molar-refractivity contribution in [2.75, 3.05) is 0 Å². The van der Waals surface area contributed by atoms with Gasteiger partial charge in [-0.2, -0.15) is 0 Å². The summed E-state index contributed by atoms with van der Waals surface area (Å²) < 4.78 is 0. The fourth-order valence-corrected chi connectivity index (χ4v) is 2.24. The zero-order valence-corrected chi connectivity index (χ0v) is 10.9. The van der Waals surface area contributed by atoms with Gasteiger partial charge in [-0.3, -0.25) is 4.79 Å².